The highest BCUT2D eigenvalue weighted by molar-refractivity contribution is 5.63. The molecule has 1 unspecified atom stereocenters. The Morgan fingerprint density at radius 1 is 0.806 bits per heavy atom. The Morgan fingerprint density at radius 2 is 1.48 bits per heavy atom. The molecule has 0 bridgehead atoms. The minimum absolute atomic E-state index is 0.320. The zero-order chi connectivity index (χ0) is 21.6. The Balaban J connectivity index is 1.30. The van der Waals surface area contributed by atoms with Crippen LogP contribution in [0.15, 0.2) is 78.9 Å². The molecule has 1 saturated heterocycles. The van der Waals surface area contributed by atoms with Gasteiger partial charge in [-0.05, 0) is 41.3 Å². The van der Waals surface area contributed by atoms with Crippen molar-refractivity contribution in [2.24, 2.45) is 0 Å². The normalized spacial score (nSPS) is 16.6. The topological polar surface area (TPSA) is 6.48 Å². The molecular weight excluding hydrogens is 390 g/mol. The van der Waals surface area contributed by atoms with Crippen molar-refractivity contribution in [3.63, 3.8) is 0 Å². The van der Waals surface area contributed by atoms with Crippen LogP contribution >= 0.6 is 0 Å². The Bertz CT molecular complexity index is 1010. The summed E-state index contributed by atoms with van der Waals surface area (Å²) in [4.78, 5) is 4.98. The molecule has 1 heterocycles. The van der Waals surface area contributed by atoms with E-state index in [1.807, 2.05) is 18.2 Å². The molecule has 0 radical (unpaired) electrons. The number of rotatable bonds is 6. The molecular formula is C27H28F2N2. The van der Waals surface area contributed by atoms with E-state index < -0.39 is 11.6 Å². The zero-order valence-electron chi connectivity index (χ0n) is 17.8. The van der Waals surface area contributed by atoms with E-state index >= 15 is 0 Å². The molecule has 4 heteroatoms. The van der Waals surface area contributed by atoms with Gasteiger partial charge in [0.05, 0.1) is 0 Å². The average molecular weight is 419 g/mol. The van der Waals surface area contributed by atoms with E-state index in [0.717, 1.165) is 38.3 Å². The van der Waals surface area contributed by atoms with Crippen LogP contribution in [-0.4, -0.2) is 42.5 Å². The highest BCUT2D eigenvalue weighted by Gasteiger charge is 2.21. The van der Waals surface area contributed by atoms with Crippen molar-refractivity contribution in [2.45, 2.75) is 13.0 Å². The summed E-state index contributed by atoms with van der Waals surface area (Å²) in [6, 6.07) is 22.9. The standard InChI is InChI=1S/C27H28F2N2/c1-21(23-9-11-24(12-10-23)25-13-14-26(28)27(29)20-25)31-18-16-30(17-19-31)15-5-8-22-6-3-2-4-7-22/h2-14,20-21H,15-19H2,1H3. The van der Waals surface area contributed by atoms with Gasteiger partial charge >= 0.3 is 0 Å². The fourth-order valence-electron chi connectivity index (χ4n) is 4.08. The first kappa shape index (κ1) is 21.4. The quantitative estimate of drug-likeness (QED) is 0.483. The summed E-state index contributed by atoms with van der Waals surface area (Å²) in [7, 11) is 0. The fraction of sp³-hybridized carbons (Fsp3) is 0.259. The van der Waals surface area contributed by atoms with Gasteiger partial charge in [0.1, 0.15) is 0 Å². The van der Waals surface area contributed by atoms with Crippen LogP contribution in [0.4, 0.5) is 8.78 Å². The fourth-order valence-corrected chi connectivity index (χ4v) is 4.08. The van der Waals surface area contributed by atoms with E-state index in [1.165, 1.54) is 23.3 Å². The SMILES string of the molecule is CC(c1ccc(-c2ccc(F)c(F)c2)cc1)N1CCN(CC=Cc2ccccc2)CC1. The van der Waals surface area contributed by atoms with Crippen molar-refractivity contribution in [3.8, 4) is 11.1 Å². The Morgan fingerprint density at radius 3 is 2.16 bits per heavy atom. The number of halogens is 2. The monoisotopic (exact) mass is 418 g/mol. The number of hydrogen-bond acceptors (Lipinski definition) is 2. The summed E-state index contributed by atoms with van der Waals surface area (Å²) in [5.41, 5.74) is 4.06. The third kappa shape index (κ3) is 5.46. The molecule has 0 N–H and O–H groups in total. The van der Waals surface area contributed by atoms with E-state index in [1.54, 1.807) is 6.07 Å². The van der Waals surface area contributed by atoms with E-state index in [4.69, 9.17) is 0 Å². The molecule has 31 heavy (non-hydrogen) atoms. The summed E-state index contributed by atoms with van der Waals surface area (Å²) in [5.74, 6) is -1.63. The second kappa shape index (κ2) is 9.99. The second-order valence-electron chi connectivity index (χ2n) is 8.08. The number of piperazine rings is 1. The van der Waals surface area contributed by atoms with E-state index in [-0.39, 0.29) is 0 Å². The third-order valence-electron chi connectivity index (χ3n) is 6.07. The number of benzene rings is 3. The number of nitrogens with zero attached hydrogens (tertiary/aromatic N) is 2. The first-order chi connectivity index (χ1) is 15.1. The van der Waals surface area contributed by atoms with Crippen LogP contribution in [0.3, 0.4) is 0 Å². The maximum Gasteiger partial charge on any atom is 0.159 e. The van der Waals surface area contributed by atoms with Gasteiger partial charge in [-0.15, -0.1) is 0 Å². The first-order valence-corrected chi connectivity index (χ1v) is 10.8. The van der Waals surface area contributed by atoms with Gasteiger partial charge in [-0.2, -0.15) is 0 Å². The van der Waals surface area contributed by atoms with Crippen LogP contribution in [0.2, 0.25) is 0 Å². The van der Waals surface area contributed by atoms with Gasteiger partial charge in [0.15, 0.2) is 11.6 Å². The Hall–Kier alpha value is -2.82. The third-order valence-corrected chi connectivity index (χ3v) is 6.07. The van der Waals surface area contributed by atoms with Crippen LogP contribution in [0.25, 0.3) is 17.2 Å². The van der Waals surface area contributed by atoms with Crippen molar-refractivity contribution in [1.82, 2.24) is 9.80 Å². The molecule has 1 fully saturated rings. The molecule has 1 aliphatic rings. The molecule has 2 nitrogen and oxygen atoms in total. The lowest BCUT2D eigenvalue weighted by Gasteiger charge is -2.38. The lowest BCUT2D eigenvalue weighted by molar-refractivity contribution is 0.110. The molecule has 0 amide bonds. The molecule has 1 atom stereocenters. The van der Waals surface area contributed by atoms with Gasteiger partial charge in [-0.1, -0.05) is 72.8 Å². The summed E-state index contributed by atoms with van der Waals surface area (Å²) in [6.07, 6.45) is 4.43. The summed E-state index contributed by atoms with van der Waals surface area (Å²) >= 11 is 0. The molecule has 3 aromatic carbocycles. The zero-order valence-corrected chi connectivity index (χ0v) is 17.8. The van der Waals surface area contributed by atoms with Gasteiger partial charge < -0.3 is 0 Å². The average Bonchev–Trinajstić information content (AvgIpc) is 2.82. The molecule has 0 saturated carbocycles. The van der Waals surface area contributed by atoms with Gasteiger partial charge in [-0.3, -0.25) is 9.80 Å². The molecule has 1 aliphatic heterocycles. The lowest BCUT2D eigenvalue weighted by Crippen LogP contribution is -2.47. The summed E-state index contributed by atoms with van der Waals surface area (Å²) < 4.78 is 26.7. The predicted molar refractivity (Wildman–Crippen MR) is 124 cm³/mol. The second-order valence-corrected chi connectivity index (χ2v) is 8.08. The van der Waals surface area contributed by atoms with Crippen molar-refractivity contribution >= 4 is 6.08 Å². The highest BCUT2D eigenvalue weighted by atomic mass is 19.2. The van der Waals surface area contributed by atoms with Crippen LogP contribution < -0.4 is 0 Å². The predicted octanol–water partition coefficient (Wildman–Crippen LogP) is 6.02. The van der Waals surface area contributed by atoms with Crippen molar-refractivity contribution in [3.05, 3.63) is 102 Å². The smallest absolute Gasteiger partial charge is 0.159 e. The van der Waals surface area contributed by atoms with E-state index in [2.05, 4.69) is 65.3 Å². The first-order valence-electron chi connectivity index (χ1n) is 10.8. The van der Waals surface area contributed by atoms with Gasteiger partial charge in [-0.25, -0.2) is 8.78 Å². The van der Waals surface area contributed by atoms with Crippen LogP contribution in [0.1, 0.15) is 24.1 Å². The van der Waals surface area contributed by atoms with E-state index in [9.17, 15) is 8.78 Å². The highest BCUT2D eigenvalue weighted by Crippen LogP contribution is 2.26. The maximum absolute atomic E-state index is 13.5. The van der Waals surface area contributed by atoms with Crippen LogP contribution in [-0.2, 0) is 0 Å². The largest absolute Gasteiger partial charge is 0.297 e. The molecule has 0 aromatic heterocycles. The molecule has 3 aromatic rings. The summed E-state index contributed by atoms with van der Waals surface area (Å²) in [5, 5.41) is 0. The van der Waals surface area contributed by atoms with Gasteiger partial charge in [0, 0.05) is 38.8 Å². The van der Waals surface area contributed by atoms with Gasteiger partial charge in [0.25, 0.3) is 0 Å². The van der Waals surface area contributed by atoms with Crippen LogP contribution in [0, 0.1) is 11.6 Å². The van der Waals surface area contributed by atoms with Crippen LogP contribution in [0.5, 0.6) is 0 Å². The minimum atomic E-state index is -0.816. The molecule has 0 spiro atoms. The lowest BCUT2D eigenvalue weighted by atomic mass is 10.00. The van der Waals surface area contributed by atoms with Gasteiger partial charge in [0.2, 0.25) is 0 Å². The Kier molecular flexibility index (Phi) is 6.90. The van der Waals surface area contributed by atoms with Crippen molar-refractivity contribution in [1.29, 1.82) is 0 Å². The van der Waals surface area contributed by atoms with Crippen molar-refractivity contribution < 1.29 is 8.78 Å². The number of hydrogen-bond donors (Lipinski definition) is 0. The Labute approximate surface area is 183 Å². The van der Waals surface area contributed by atoms with Crippen molar-refractivity contribution in [2.75, 3.05) is 32.7 Å². The molecule has 160 valence electrons. The molecule has 0 aliphatic carbocycles. The maximum atomic E-state index is 13.5. The summed E-state index contributed by atoms with van der Waals surface area (Å²) in [6.45, 7) is 7.38. The minimum Gasteiger partial charge on any atom is -0.297 e. The molecule has 4 rings (SSSR count). The van der Waals surface area contributed by atoms with E-state index in [0.29, 0.717) is 11.6 Å².